The molecule has 0 amide bonds. The number of nitrogens with two attached hydrogens (primary N) is 1. The lowest BCUT2D eigenvalue weighted by Crippen LogP contribution is -2.03. The van der Waals surface area contributed by atoms with Crippen molar-refractivity contribution in [1.29, 1.82) is 0 Å². The van der Waals surface area contributed by atoms with E-state index in [4.69, 9.17) is 22.1 Å². The number of rotatable bonds is 4. The summed E-state index contributed by atoms with van der Waals surface area (Å²) in [5, 5.41) is 4.00. The molecule has 0 heterocycles. The molecule has 4 heteroatoms. The number of hydrogen-bond donors (Lipinski definition) is 2. The summed E-state index contributed by atoms with van der Waals surface area (Å²) in [6, 6.07) is 13.3. The zero-order chi connectivity index (χ0) is 13.0. The van der Waals surface area contributed by atoms with Gasteiger partial charge in [0.25, 0.3) is 0 Å². The van der Waals surface area contributed by atoms with Gasteiger partial charge in [-0.05, 0) is 23.8 Å². The van der Waals surface area contributed by atoms with Crippen LogP contribution in [0, 0.1) is 0 Å². The summed E-state index contributed by atoms with van der Waals surface area (Å²) in [5.74, 6) is 0.746. The lowest BCUT2D eigenvalue weighted by Gasteiger charge is -2.11. The van der Waals surface area contributed by atoms with Crippen molar-refractivity contribution in [3.63, 3.8) is 0 Å². The molecule has 0 fully saturated rings. The molecule has 0 aliphatic rings. The third-order valence-electron chi connectivity index (χ3n) is 2.69. The van der Waals surface area contributed by atoms with Gasteiger partial charge in [0.1, 0.15) is 5.75 Å². The Bertz CT molecular complexity index is 543. The van der Waals surface area contributed by atoms with Crippen molar-refractivity contribution in [2.75, 3.05) is 18.2 Å². The Hall–Kier alpha value is -1.87. The summed E-state index contributed by atoms with van der Waals surface area (Å²) in [6.45, 7) is 0.635. The van der Waals surface area contributed by atoms with E-state index in [0.717, 1.165) is 22.0 Å². The first-order valence-corrected chi connectivity index (χ1v) is 5.99. The number of benzene rings is 2. The number of nitrogens with one attached hydrogen (secondary N) is 1. The standard InChI is InChI=1S/C14H15ClN2O/c1-18-11-6-7-14(13(16)8-11)17-9-10-4-2-3-5-12(10)15/h2-8,17H,9,16H2,1H3. The zero-order valence-electron chi connectivity index (χ0n) is 10.1. The fourth-order valence-electron chi connectivity index (χ4n) is 1.66. The average molecular weight is 263 g/mol. The van der Waals surface area contributed by atoms with Crippen LogP contribution >= 0.6 is 11.6 Å². The summed E-state index contributed by atoms with van der Waals surface area (Å²) < 4.78 is 5.10. The van der Waals surface area contributed by atoms with Gasteiger partial charge in [-0.2, -0.15) is 0 Å². The largest absolute Gasteiger partial charge is 0.497 e. The molecule has 2 aromatic carbocycles. The highest BCUT2D eigenvalue weighted by molar-refractivity contribution is 6.31. The molecule has 0 atom stereocenters. The second kappa shape index (κ2) is 5.65. The van der Waals surface area contributed by atoms with E-state index in [1.807, 2.05) is 36.4 Å². The van der Waals surface area contributed by atoms with E-state index in [0.29, 0.717) is 12.2 Å². The zero-order valence-corrected chi connectivity index (χ0v) is 10.9. The summed E-state index contributed by atoms with van der Waals surface area (Å²) in [6.07, 6.45) is 0. The van der Waals surface area contributed by atoms with E-state index in [1.54, 1.807) is 13.2 Å². The molecule has 0 unspecified atom stereocenters. The predicted molar refractivity (Wildman–Crippen MR) is 76.2 cm³/mol. The van der Waals surface area contributed by atoms with Crippen LogP contribution < -0.4 is 15.8 Å². The topological polar surface area (TPSA) is 47.3 Å². The van der Waals surface area contributed by atoms with Crippen molar-refractivity contribution in [3.05, 3.63) is 53.1 Å². The lowest BCUT2D eigenvalue weighted by atomic mass is 10.2. The van der Waals surface area contributed by atoms with E-state index < -0.39 is 0 Å². The summed E-state index contributed by atoms with van der Waals surface area (Å²) in [4.78, 5) is 0. The van der Waals surface area contributed by atoms with Crippen molar-refractivity contribution in [2.45, 2.75) is 6.54 Å². The van der Waals surface area contributed by atoms with Crippen molar-refractivity contribution >= 4 is 23.0 Å². The highest BCUT2D eigenvalue weighted by atomic mass is 35.5. The molecule has 2 aromatic rings. The number of halogens is 1. The second-order valence-electron chi connectivity index (χ2n) is 3.90. The first kappa shape index (κ1) is 12.6. The monoisotopic (exact) mass is 262 g/mol. The van der Waals surface area contributed by atoms with Crippen LogP contribution in [0.15, 0.2) is 42.5 Å². The van der Waals surface area contributed by atoms with E-state index in [2.05, 4.69) is 5.32 Å². The van der Waals surface area contributed by atoms with E-state index in [1.165, 1.54) is 0 Å². The van der Waals surface area contributed by atoms with Gasteiger partial charge < -0.3 is 15.8 Å². The molecule has 0 aliphatic carbocycles. The number of methoxy groups -OCH3 is 1. The summed E-state index contributed by atoms with van der Waals surface area (Å²) in [7, 11) is 1.62. The minimum absolute atomic E-state index is 0.635. The predicted octanol–water partition coefficient (Wildman–Crippen LogP) is 3.54. The molecular weight excluding hydrogens is 248 g/mol. The minimum atomic E-state index is 0.635. The van der Waals surface area contributed by atoms with Gasteiger partial charge in [0.15, 0.2) is 0 Å². The number of nitrogen functional groups attached to an aromatic ring is 1. The molecule has 0 aliphatic heterocycles. The van der Waals surface area contributed by atoms with Gasteiger partial charge in [-0.25, -0.2) is 0 Å². The van der Waals surface area contributed by atoms with E-state index in [-0.39, 0.29) is 0 Å². The summed E-state index contributed by atoms with van der Waals surface area (Å²) in [5.41, 5.74) is 8.49. The van der Waals surface area contributed by atoms with Crippen LogP contribution in [0.4, 0.5) is 11.4 Å². The third kappa shape index (κ3) is 2.87. The Morgan fingerprint density at radius 1 is 1.22 bits per heavy atom. The Labute approximate surface area is 112 Å². The van der Waals surface area contributed by atoms with Crippen molar-refractivity contribution in [1.82, 2.24) is 0 Å². The molecule has 3 N–H and O–H groups in total. The smallest absolute Gasteiger partial charge is 0.121 e. The van der Waals surface area contributed by atoms with Gasteiger partial charge in [-0.1, -0.05) is 29.8 Å². The van der Waals surface area contributed by atoms with Gasteiger partial charge in [-0.15, -0.1) is 0 Å². The van der Waals surface area contributed by atoms with Gasteiger partial charge in [-0.3, -0.25) is 0 Å². The van der Waals surface area contributed by atoms with Gasteiger partial charge in [0.2, 0.25) is 0 Å². The van der Waals surface area contributed by atoms with Crippen LogP contribution in [0.2, 0.25) is 5.02 Å². The number of hydrogen-bond acceptors (Lipinski definition) is 3. The summed E-state index contributed by atoms with van der Waals surface area (Å²) >= 11 is 6.09. The van der Waals surface area contributed by atoms with Crippen molar-refractivity contribution < 1.29 is 4.74 Å². The maximum Gasteiger partial charge on any atom is 0.121 e. The molecule has 0 aromatic heterocycles. The Morgan fingerprint density at radius 2 is 2.00 bits per heavy atom. The highest BCUT2D eigenvalue weighted by Crippen LogP contribution is 2.25. The number of anilines is 2. The molecule has 94 valence electrons. The maximum absolute atomic E-state index is 6.09. The molecule has 0 spiro atoms. The SMILES string of the molecule is COc1ccc(NCc2ccccc2Cl)c(N)c1. The Kier molecular flexibility index (Phi) is 3.95. The van der Waals surface area contributed by atoms with Gasteiger partial charge >= 0.3 is 0 Å². The normalized spacial score (nSPS) is 10.1. The van der Waals surface area contributed by atoms with Gasteiger partial charge in [0.05, 0.1) is 18.5 Å². The van der Waals surface area contributed by atoms with Crippen molar-refractivity contribution in [3.8, 4) is 5.75 Å². The quantitative estimate of drug-likeness (QED) is 0.829. The fourth-order valence-corrected chi connectivity index (χ4v) is 1.86. The molecule has 0 bridgehead atoms. The van der Waals surface area contributed by atoms with Gasteiger partial charge in [0, 0.05) is 17.6 Å². The van der Waals surface area contributed by atoms with Crippen LogP contribution in [0.3, 0.4) is 0 Å². The molecule has 0 saturated carbocycles. The maximum atomic E-state index is 6.09. The van der Waals surface area contributed by atoms with Crippen LogP contribution in [0.1, 0.15) is 5.56 Å². The average Bonchev–Trinajstić information content (AvgIpc) is 2.39. The van der Waals surface area contributed by atoms with Crippen LogP contribution in [-0.4, -0.2) is 7.11 Å². The molecule has 0 radical (unpaired) electrons. The van der Waals surface area contributed by atoms with Crippen LogP contribution in [-0.2, 0) is 6.54 Å². The number of ether oxygens (including phenoxy) is 1. The molecule has 2 rings (SSSR count). The van der Waals surface area contributed by atoms with E-state index in [9.17, 15) is 0 Å². The Balaban J connectivity index is 2.09. The van der Waals surface area contributed by atoms with Crippen LogP contribution in [0.25, 0.3) is 0 Å². The molecule has 18 heavy (non-hydrogen) atoms. The van der Waals surface area contributed by atoms with Crippen LogP contribution in [0.5, 0.6) is 5.75 Å². The molecule has 3 nitrogen and oxygen atoms in total. The minimum Gasteiger partial charge on any atom is -0.497 e. The fraction of sp³-hybridized carbons (Fsp3) is 0.143. The lowest BCUT2D eigenvalue weighted by molar-refractivity contribution is 0.415. The van der Waals surface area contributed by atoms with Crippen molar-refractivity contribution in [2.24, 2.45) is 0 Å². The third-order valence-corrected chi connectivity index (χ3v) is 3.05. The second-order valence-corrected chi connectivity index (χ2v) is 4.31. The van der Waals surface area contributed by atoms with E-state index >= 15 is 0 Å². The highest BCUT2D eigenvalue weighted by Gasteiger charge is 2.02. The Morgan fingerprint density at radius 3 is 2.67 bits per heavy atom. The molecule has 0 saturated heterocycles. The first-order chi connectivity index (χ1) is 8.70. The first-order valence-electron chi connectivity index (χ1n) is 5.61. The molecular formula is C14H15ClN2O.